The van der Waals surface area contributed by atoms with Crippen molar-refractivity contribution >= 4 is 5.96 Å². The molecule has 1 fully saturated rings. The van der Waals surface area contributed by atoms with Crippen LogP contribution in [-0.4, -0.2) is 41.9 Å². The van der Waals surface area contributed by atoms with Crippen molar-refractivity contribution < 1.29 is 14.6 Å². The molecule has 6 heteroatoms. The lowest BCUT2D eigenvalue weighted by Gasteiger charge is -2.37. The van der Waals surface area contributed by atoms with E-state index in [4.69, 9.17) is 4.42 Å². The predicted octanol–water partition coefficient (Wildman–Crippen LogP) is 1.18. The molecule has 0 spiro atoms. The Morgan fingerprint density at radius 2 is 2.09 bits per heavy atom. The summed E-state index contributed by atoms with van der Waals surface area (Å²) in [7, 11) is 1.67. The van der Waals surface area contributed by atoms with E-state index in [9.17, 15) is 10.2 Å². The normalized spacial score (nSPS) is 20.2. The zero-order valence-corrected chi connectivity index (χ0v) is 13.9. The van der Waals surface area contributed by atoms with Crippen molar-refractivity contribution in [1.29, 1.82) is 0 Å². The third kappa shape index (κ3) is 3.81. The molecule has 0 radical (unpaired) electrons. The second-order valence-electron chi connectivity index (χ2n) is 6.46. The van der Waals surface area contributed by atoms with Crippen molar-refractivity contribution in [2.45, 2.75) is 51.2 Å². The van der Waals surface area contributed by atoms with Gasteiger partial charge >= 0.3 is 0 Å². The van der Waals surface area contributed by atoms with Crippen LogP contribution in [-0.2, 0) is 5.60 Å². The predicted molar refractivity (Wildman–Crippen MR) is 85.9 cm³/mol. The summed E-state index contributed by atoms with van der Waals surface area (Å²) in [5, 5.41) is 27.0. The highest BCUT2D eigenvalue weighted by atomic mass is 16.3. The molecule has 0 bridgehead atoms. The molecule has 2 rings (SSSR count). The van der Waals surface area contributed by atoms with Gasteiger partial charge in [-0.3, -0.25) is 4.99 Å². The fourth-order valence-electron chi connectivity index (χ4n) is 2.75. The zero-order valence-electron chi connectivity index (χ0n) is 13.9. The molecule has 4 N–H and O–H groups in total. The van der Waals surface area contributed by atoms with Crippen LogP contribution in [0.5, 0.6) is 0 Å². The van der Waals surface area contributed by atoms with Gasteiger partial charge in [0.05, 0.1) is 12.1 Å². The van der Waals surface area contributed by atoms with Crippen LogP contribution in [0.2, 0.25) is 0 Å². The highest BCUT2D eigenvalue weighted by molar-refractivity contribution is 5.79. The molecule has 1 atom stereocenters. The maximum atomic E-state index is 10.7. The van der Waals surface area contributed by atoms with E-state index in [1.807, 2.05) is 19.9 Å². The minimum absolute atomic E-state index is 0.297. The second kappa shape index (κ2) is 6.30. The molecular weight excluding hydrogens is 282 g/mol. The molecule has 0 amide bonds. The average Bonchev–Trinajstić information content (AvgIpc) is 2.76. The van der Waals surface area contributed by atoms with E-state index in [2.05, 4.69) is 15.6 Å². The standard InChI is InChI=1S/C16H27N3O3/c1-11-8-13(12(2)22-11)15(3,20)9-18-14(17-4)19-10-16(21)6-5-7-16/h8,20-21H,5-7,9-10H2,1-4H3,(H2,17,18,19). The molecule has 1 saturated carbocycles. The Kier molecular flexibility index (Phi) is 4.82. The van der Waals surface area contributed by atoms with Crippen molar-refractivity contribution in [1.82, 2.24) is 10.6 Å². The summed E-state index contributed by atoms with van der Waals surface area (Å²) in [6.07, 6.45) is 2.71. The Balaban J connectivity index is 1.90. The molecule has 1 aliphatic rings. The molecule has 0 aromatic carbocycles. The molecule has 6 nitrogen and oxygen atoms in total. The number of guanidine groups is 1. The molecule has 1 aromatic rings. The van der Waals surface area contributed by atoms with Crippen molar-refractivity contribution in [2.75, 3.05) is 20.1 Å². The molecule has 0 saturated heterocycles. The smallest absolute Gasteiger partial charge is 0.191 e. The van der Waals surface area contributed by atoms with Crippen molar-refractivity contribution in [3.05, 3.63) is 23.2 Å². The quantitative estimate of drug-likeness (QED) is 0.484. The lowest BCUT2D eigenvalue weighted by atomic mass is 9.80. The first-order valence-corrected chi connectivity index (χ1v) is 7.72. The van der Waals surface area contributed by atoms with Crippen LogP contribution in [0.4, 0.5) is 0 Å². The van der Waals surface area contributed by atoms with E-state index >= 15 is 0 Å². The fourth-order valence-corrected chi connectivity index (χ4v) is 2.75. The van der Waals surface area contributed by atoms with E-state index < -0.39 is 11.2 Å². The van der Waals surface area contributed by atoms with Crippen LogP contribution < -0.4 is 10.6 Å². The third-order valence-corrected chi connectivity index (χ3v) is 4.31. The lowest BCUT2D eigenvalue weighted by molar-refractivity contribution is -0.0279. The summed E-state index contributed by atoms with van der Waals surface area (Å²) in [6, 6.07) is 1.85. The summed E-state index contributed by atoms with van der Waals surface area (Å²) < 4.78 is 5.48. The lowest BCUT2D eigenvalue weighted by Crippen LogP contribution is -2.52. The number of aryl methyl sites for hydroxylation is 2. The number of aliphatic hydroxyl groups is 2. The number of furan rings is 1. The maximum Gasteiger partial charge on any atom is 0.191 e. The van der Waals surface area contributed by atoms with E-state index in [1.165, 1.54) is 0 Å². The van der Waals surface area contributed by atoms with Crippen LogP contribution in [0.25, 0.3) is 0 Å². The number of rotatable bonds is 5. The topological polar surface area (TPSA) is 90.0 Å². The summed E-state index contributed by atoms with van der Waals surface area (Å²) in [5.74, 6) is 2.07. The largest absolute Gasteiger partial charge is 0.466 e. The minimum atomic E-state index is -1.06. The van der Waals surface area contributed by atoms with Crippen molar-refractivity contribution in [3.8, 4) is 0 Å². The Morgan fingerprint density at radius 1 is 1.41 bits per heavy atom. The van der Waals surface area contributed by atoms with E-state index in [0.717, 1.165) is 36.3 Å². The Morgan fingerprint density at radius 3 is 2.55 bits per heavy atom. The van der Waals surface area contributed by atoms with E-state index in [0.29, 0.717) is 19.0 Å². The molecule has 1 aromatic heterocycles. The van der Waals surface area contributed by atoms with Gasteiger partial charge in [-0.1, -0.05) is 0 Å². The molecule has 1 aliphatic carbocycles. The highest BCUT2D eigenvalue weighted by Crippen LogP contribution is 2.30. The molecule has 124 valence electrons. The van der Waals surface area contributed by atoms with E-state index in [1.54, 1.807) is 14.0 Å². The zero-order chi connectivity index (χ0) is 16.4. The first kappa shape index (κ1) is 16.8. The number of nitrogens with one attached hydrogen (secondary N) is 2. The molecule has 22 heavy (non-hydrogen) atoms. The van der Waals surface area contributed by atoms with Gasteiger partial charge in [0.1, 0.15) is 17.1 Å². The summed E-state index contributed by atoms with van der Waals surface area (Å²) in [5.41, 5.74) is -0.906. The van der Waals surface area contributed by atoms with Gasteiger partial charge in [0, 0.05) is 19.2 Å². The second-order valence-corrected chi connectivity index (χ2v) is 6.46. The van der Waals surface area contributed by atoms with Gasteiger partial charge in [-0.05, 0) is 46.1 Å². The van der Waals surface area contributed by atoms with Crippen molar-refractivity contribution in [2.24, 2.45) is 4.99 Å². The number of hydrogen-bond donors (Lipinski definition) is 4. The minimum Gasteiger partial charge on any atom is -0.466 e. The van der Waals surface area contributed by atoms with Gasteiger partial charge in [-0.25, -0.2) is 0 Å². The van der Waals surface area contributed by atoms with Gasteiger partial charge < -0.3 is 25.3 Å². The van der Waals surface area contributed by atoms with E-state index in [-0.39, 0.29) is 0 Å². The molecule has 1 unspecified atom stereocenters. The van der Waals surface area contributed by atoms with Gasteiger partial charge in [0.2, 0.25) is 0 Å². The number of aliphatic imine (C=N–C) groups is 1. The average molecular weight is 309 g/mol. The number of hydrogen-bond acceptors (Lipinski definition) is 4. The molecular formula is C16H27N3O3. The molecule has 1 heterocycles. The maximum absolute atomic E-state index is 10.7. The van der Waals surface area contributed by atoms with Crippen LogP contribution in [0, 0.1) is 13.8 Å². The van der Waals surface area contributed by atoms with Gasteiger partial charge in [0.15, 0.2) is 5.96 Å². The first-order valence-electron chi connectivity index (χ1n) is 7.72. The van der Waals surface area contributed by atoms with Crippen molar-refractivity contribution in [3.63, 3.8) is 0 Å². The summed E-state index contributed by atoms with van der Waals surface area (Å²) in [4.78, 5) is 4.12. The van der Waals surface area contributed by atoms with Crippen LogP contribution in [0.15, 0.2) is 15.5 Å². The Bertz CT molecular complexity index is 545. The molecule has 0 aliphatic heterocycles. The van der Waals surface area contributed by atoms with Gasteiger partial charge in [-0.2, -0.15) is 0 Å². The monoisotopic (exact) mass is 309 g/mol. The Labute approximate surface area is 131 Å². The van der Waals surface area contributed by atoms with Crippen LogP contribution in [0.1, 0.15) is 43.3 Å². The van der Waals surface area contributed by atoms with Gasteiger partial charge in [-0.15, -0.1) is 0 Å². The van der Waals surface area contributed by atoms with Gasteiger partial charge in [0.25, 0.3) is 0 Å². The third-order valence-electron chi connectivity index (χ3n) is 4.31. The highest BCUT2D eigenvalue weighted by Gasteiger charge is 2.34. The SMILES string of the molecule is CN=C(NCC1(O)CCC1)NCC(C)(O)c1cc(C)oc1C. The summed E-state index contributed by atoms with van der Waals surface area (Å²) >= 11 is 0. The van der Waals surface area contributed by atoms with Crippen LogP contribution in [0.3, 0.4) is 0 Å². The number of nitrogens with zero attached hydrogens (tertiary/aromatic N) is 1. The first-order chi connectivity index (χ1) is 10.3. The fraction of sp³-hybridized carbons (Fsp3) is 0.688. The van der Waals surface area contributed by atoms with Crippen LogP contribution >= 0.6 is 0 Å². The summed E-state index contributed by atoms with van der Waals surface area (Å²) in [6.45, 7) is 6.21. The Hall–Kier alpha value is -1.53.